The summed E-state index contributed by atoms with van der Waals surface area (Å²) in [6, 6.07) is 8.63. The molecule has 4 heteroatoms. The van der Waals surface area contributed by atoms with Crippen LogP contribution in [-0.2, 0) is 12.8 Å². The van der Waals surface area contributed by atoms with Crippen LogP contribution in [0.2, 0.25) is 0 Å². The molecular weight excluding hydrogens is 250 g/mol. The highest BCUT2D eigenvalue weighted by molar-refractivity contribution is 5.34. The van der Waals surface area contributed by atoms with Gasteiger partial charge in [0.05, 0.1) is 5.92 Å². The Morgan fingerprint density at radius 3 is 2.60 bits per heavy atom. The Kier molecular flexibility index (Phi) is 3.03. The second-order valence-electron chi connectivity index (χ2n) is 5.91. The fourth-order valence-corrected chi connectivity index (χ4v) is 3.38. The first-order chi connectivity index (χ1) is 9.90. The van der Waals surface area contributed by atoms with E-state index in [1.165, 1.54) is 17.5 Å². The summed E-state index contributed by atoms with van der Waals surface area (Å²) in [5.41, 5.74) is 2.87. The molecule has 0 saturated carbocycles. The van der Waals surface area contributed by atoms with Crippen LogP contribution in [0.3, 0.4) is 0 Å². The smallest absolute Gasteiger partial charge is 0.231 e. The molecule has 0 radical (unpaired) electrons. The molecule has 1 saturated heterocycles. The minimum absolute atomic E-state index is 0.390. The molecule has 0 amide bonds. The van der Waals surface area contributed by atoms with E-state index in [4.69, 9.17) is 4.52 Å². The first-order valence-corrected chi connectivity index (χ1v) is 7.51. The molecular formula is C16H19N3O. The van der Waals surface area contributed by atoms with Crippen LogP contribution in [0.25, 0.3) is 0 Å². The summed E-state index contributed by atoms with van der Waals surface area (Å²) in [5.74, 6) is 2.50. The van der Waals surface area contributed by atoms with E-state index in [0.29, 0.717) is 11.8 Å². The molecule has 4 rings (SSSR count). The molecule has 0 bridgehead atoms. The summed E-state index contributed by atoms with van der Waals surface area (Å²) in [6.45, 7) is 2.07. The third kappa shape index (κ3) is 2.14. The standard InChI is InChI=1S/C16H19N3O/c1-2-5-12-9-14(8-11(12)4-1)15-18-16(20-19-15)13-6-3-7-17-10-13/h1-2,4-5,13-14,17H,3,6-10H2/t13-/m0/s1. The summed E-state index contributed by atoms with van der Waals surface area (Å²) in [7, 11) is 0. The summed E-state index contributed by atoms with van der Waals surface area (Å²) < 4.78 is 5.51. The lowest BCUT2D eigenvalue weighted by Crippen LogP contribution is -2.28. The topological polar surface area (TPSA) is 51.0 Å². The number of rotatable bonds is 2. The zero-order chi connectivity index (χ0) is 13.4. The number of aromatic nitrogens is 2. The Labute approximate surface area is 118 Å². The number of fused-ring (bicyclic) bond motifs is 1. The second kappa shape index (κ2) is 5.02. The van der Waals surface area contributed by atoms with Crippen molar-refractivity contribution >= 4 is 0 Å². The van der Waals surface area contributed by atoms with Crippen LogP contribution in [0.1, 0.15) is 47.5 Å². The quantitative estimate of drug-likeness (QED) is 0.909. The van der Waals surface area contributed by atoms with Crippen molar-refractivity contribution in [2.45, 2.75) is 37.5 Å². The Balaban J connectivity index is 1.52. The fraction of sp³-hybridized carbons (Fsp3) is 0.500. The average Bonchev–Trinajstić information content (AvgIpc) is 3.14. The molecule has 1 aliphatic heterocycles. The lowest BCUT2D eigenvalue weighted by Gasteiger charge is -2.18. The van der Waals surface area contributed by atoms with Crippen molar-refractivity contribution in [3.05, 3.63) is 47.1 Å². The monoisotopic (exact) mass is 269 g/mol. The first kappa shape index (κ1) is 12.1. The minimum atomic E-state index is 0.390. The summed E-state index contributed by atoms with van der Waals surface area (Å²) in [6.07, 6.45) is 4.42. The maximum absolute atomic E-state index is 5.51. The summed E-state index contributed by atoms with van der Waals surface area (Å²) in [4.78, 5) is 4.68. The highest BCUT2D eigenvalue weighted by atomic mass is 16.5. The molecule has 2 aromatic rings. The Hall–Kier alpha value is -1.68. The van der Waals surface area contributed by atoms with Gasteiger partial charge in [-0.2, -0.15) is 4.98 Å². The molecule has 1 fully saturated rings. The lowest BCUT2D eigenvalue weighted by atomic mass is 9.99. The van der Waals surface area contributed by atoms with Crippen LogP contribution in [0.15, 0.2) is 28.8 Å². The van der Waals surface area contributed by atoms with Crippen LogP contribution in [-0.4, -0.2) is 23.2 Å². The van der Waals surface area contributed by atoms with Crippen molar-refractivity contribution in [3.63, 3.8) is 0 Å². The van der Waals surface area contributed by atoms with E-state index in [-0.39, 0.29) is 0 Å². The molecule has 1 N–H and O–H groups in total. The summed E-state index contributed by atoms with van der Waals surface area (Å²) >= 11 is 0. The second-order valence-corrected chi connectivity index (χ2v) is 5.91. The molecule has 4 nitrogen and oxygen atoms in total. The average molecular weight is 269 g/mol. The van der Waals surface area contributed by atoms with E-state index in [1.807, 2.05) is 0 Å². The van der Waals surface area contributed by atoms with Crippen LogP contribution < -0.4 is 5.32 Å². The Bertz CT molecular complexity index is 576. The largest absolute Gasteiger partial charge is 0.339 e. The first-order valence-electron chi connectivity index (χ1n) is 7.51. The SMILES string of the molecule is c1ccc2c(c1)CC(c1noc([C@H]3CCCNC3)n1)C2. The van der Waals surface area contributed by atoms with Crippen molar-refractivity contribution in [1.29, 1.82) is 0 Å². The van der Waals surface area contributed by atoms with Gasteiger partial charge in [-0.25, -0.2) is 0 Å². The van der Waals surface area contributed by atoms with E-state index in [0.717, 1.165) is 44.1 Å². The van der Waals surface area contributed by atoms with Crippen molar-refractivity contribution < 1.29 is 4.52 Å². The molecule has 1 aliphatic carbocycles. The van der Waals surface area contributed by atoms with Gasteiger partial charge in [0.1, 0.15) is 0 Å². The normalized spacial score (nSPS) is 22.9. The predicted octanol–water partition coefficient (Wildman–Crippen LogP) is 2.42. The zero-order valence-electron chi connectivity index (χ0n) is 11.5. The number of piperidine rings is 1. The van der Waals surface area contributed by atoms with Crippen LogP contribution >= 0.6 is 0 Å². The van der Waals surface area contributed by atoms with Gasteiger partial charge in [0.15, 0.2) is 5.82 Å². The van der Waals surface area contributed by atoms with Crippen molar-refractivity contribution in [3.8, 4) is 0 Å². The highest BCUT2D eigenvalue weighted by Gasteiger charge is 2.28. The van der Waals surface area contributed by atoms with Crippen molar-refractivity contribution in [2.75, 3.05) is 13.1 Å². The van der Waals surface area contributed by atoms with Crippen molar-refractivity contribution in [1.82, 2.24) is 15.5 Å². The third-order valence-electron chi connectivity index (χ3n) is 4.52. The maximum Gasteiger partial charge on any atom is 0.231 e. The van der Waals surface area contributed by atoms with Crippen molar-refractivity contribution in [2.24, 2.45) is 0 Å². The van der Waals surface area contributed by atoms with E-state index in [2.05, 4.69) is 39.7 Å². The number of hydrogen-bond donors (Lipinski definition) is 1. The van der Waals surface area contributed by atoms with Gasteiger partial charge in [-0.1, -0.05) is 29.4 Å². The molecule has 1 aromatic carbocycles. The number of benzene rings is 1. The molecule has 104 valence electrons. The molecule has 20 heavy (non-hydrogen) atoms. The van der Waals surface area contributed by atoms with Crippen LogP contribution in [0, 0.1) is 0 Å². The Morgan fingerprint density at radius 1 is 1.10 bits per heavy atom. The van der Waals surface area contributed by atoms with Gasteiger partial charge in [-0.15, -0.1) is 0 Å². The van der Waals surface area contributed by atoms with Gasteiger partial charge in [0.25, 0.3) is 0 Å². The maximum atomic E-state index is 5.51. The van der Waals surface area contributed by atoms with E-state index >= 15 is 0 Å². The molecule has 2 heterocycles. The number of nitrogens with zero attached hydrogens (tertiary/aromatic N) is 2. The minimum Gasteiger partial charge on any atom is -0.339 e. The highest BCUT2D eigenvalue weighted by Crippen LogP contribution is 2.33. The van der Waals surface area contributed by atoms with Gasteiger partial charge in [0, 0.05) is 12.5 Å². The van der Waals surface area contributed by atoms with E-state index in [1.54, 1.807) is 0 Å². The number of hydrogen-bond acceptors (Lipinski definition) is 4. The van der Waals surface area contributed by atoms with Gasteiger partial charge in [0.2, 0.25) is 5.89 Å². The van der Waals surface area contributed by atoms with Gasteiger partial charge < -0.3 is 9.84 Å². The molecule has 1 atom stereocenters. The third-order valence-corrected chi connectivity index (χ3v) is 4.52. The van der Waals surface area contributed by atoms with Crippen LogP contribution in [0.5, 0.6) is 0 Å². The molecule has 0 spiro atoms. The zero-order valence-corrected chi connectivity index (χ0v) is 11.5. The van der Waals surface area contributed by atoms with E-state index in [9.17, 15) is 0 Å². The Morgan fingerprint density at radius 2 is 1.90 bits per heavy atom. The van der Waals surface area contributed by atoms with E-state index < -0.39 is 0 Å². The predicted molar refractivity (Wildman–Crippen MR) is 75.7 cm³/mol. The number of nitrogens with one attached hydrogen (secondary N) is 1. The summed E-state index contributed by atoms with van der Waals surface area (Å²) in [5, 5.41) is 7.64. The van der Waals surface area contributed by atoms with Crippen LogP contribution in [0.4, 0.5) is 0 Å². The molecule has 2 aliphatic rings. The van der Waals surface area contributed by atoms with Gasteiger partial charge >= 0.3 is 0 Å². The van der Waals surface area contributed by atoms with Gasteiger partial charge in [-0.3, -0.25) is 0 Å². The van der Waals surface area contributed by atoms with Gasteiger partial charge in [-0.05, 0) is 43.4 Å². The fourth-order valence-electron chi connectivity index (χ4n) is 3.38. The molecule has 1 aromatic heterocycles. The lowest BCUT2D eigenvalue weighted by molar-refractivity contribution is 0.319. The molecule has 0 unspecified atom stereocenters.